The minimum absolute atomic E-state index is 0. The maximum atomic E-state index is 11.5. The normalized spacial score (nSPS) is 10.7. The van der Waals surface area contributed by atoms with Crippen LogP contribution < -0.4 is 20.7 Å². The van der Waals surface area contributed by atoms with E-state index in [9.17, 15) is 4.79 Å². The van der Waals surface area contributed by atoms with Crippen LogP contribution in [0.5, 0.6) is 5.75 Å². The summed E-state index contributed by atoms with van der Waals surface area (Å²) in [5.74, 6) is 1.24. The molecule has 2 rings (SSSR count). The third-order valence-electron chi connectivity index (χ3n) is 3.97. The van der Waals surface area contributed by atoms with Gasteiger partial charge in [-0.15, -0.1) is 24.0 Å². The summed E-state index contributed by atoms with van der Waals surface area (Å²) in [6.07, 6.45) is 0.809. The smallest absolute Gasteiger partial charge is 0.257 e. The van der Waals surface area contributed by atoms with Crippen LogP contribution in [0, 0.1) is 0 Å². The molecule has 0 heterocycles. The van der Waals surface area contributed by atoms with Crippen LogP contribution in [-0.4, -0.2) is 38.6 Å². The van der Waals surface area contributed by atoms with Crippen molar-refractivity contribution in [2.75, 3.05) is 26.7 Å². The van der Waals surface area contributed by atoms with Gasteiger partial charge < -0.3 is 20.7 Å². The number of aliphatic imine (C=N–C) groups is 1. The van der Waals surface area contributed by atoms with Gasteiger partial charge >= 0.3 is 0 Å². The fourth-order valence-corrected chi connectivity index (χ4v) is 2.80. The predicted octanol–water partition coefficient (Wildman–Crippen LogP) is 3.38. The Morgan fingerprint density at radius 3 is 2.62 bits per heavy atom. The number of carbonyl (C=O) groups is 1. The van der Waals surface area contributed by atoms with Crippen LogP contribution in [-0.2, 0) is 17.8 Å². The maximum absolute atomic E-state index is 11.5. The molecule has 6 nitrogen and oxygen atoms in total. The molecule has 8 heteroatoms. The van der Waals surface area contributed by atoms with Crippen LogP contribution >= 0.6 is 35.6 Å². The highest BCUT2D eigenvalue weighted by atomic mass is 127. The summed E-state index contributed by atoms with van der Waals surface area (Å²) in [5.41, 5.74) is 2.13. The van der Waals surface area contributed by atoms with E-state index in [0.717, 1.165) is 29.1 Å². The Kier molecular flexibility index (Phi) is 12.1. The SMILES string of the molecule is CCNC(=O)COc1cccc(CNC(=NC)NCCc2ccccc2Cl)c1.I. The Labute approximate surface area is 194 Å². The zero-order valence-corrected chi connectivity index (χ0v) is 19.8. The van der Waals surface area contributed by atoms with E-state index in [2.05, 4.69) is 20.9 Å². The molecule has 0 unspecified atom stereocenters. The van der Waals surface area contributed by atoms with Crippen LogP contribution in [0.4, 0.5) is 0 Å². The molecule has 0 bridgehead atoms. The average Bonchev–Trinajstić information content (AvgIpc) is 2.71. The highest BCUT2D eigenvalue weighted by Gasteiger charge is 2.04. The van der Waals surface area contributed by atoms with Crippen LogP contribution in [0.2, 0.25) is 5.02 Å². The molecule has 2 aromatic rings. The van der Waals surface area contributed by atoms with Crippen molar-refractivity contribution in [3.05, 3.63) is 64.7 Å². The van der Waals surface area contributed by atoms with Gasteiger partial charge in [-0.25, -0.2) is 0 Å². The largest absolute Gasteiger partial charge is 0.484 e. The van der Waals surface area contributed by atoms with Crippen molar-refractivity contribution in [3.8, 4) is 5.75 Å². The van der Waals surface area contributed by atoms with Gasteiger partial charge in [-0.2, -0.15) is 0 Å². The summed E-state index contributed by atoms with van der Waals surface area (Å²) in [5, 5.41) is 10.0. The fourth-order valence-electron chi connectivity index (χ4n) is 2.57. The number of amides is 1. The fraction of sp³-hybridized carbons (Fsp3) is 0.333. The first-order valence-corrected chi connectivity index (χ1v) is 9.66. The molecule has 0 aliphatic carbocycles. The number of ether oxygens (including phenoxy) is 1. The number of likely N-dealkylation sites (N-methyl/N-ethyl adjacent to an activating group) is 1. The van der Waals surface area contributed by atoms with Crippen molar-refractivity contribution in [3.63, 3.8) is 0 Å². The van der Waals surface area contributed by atoms with E-state index in [4.69, 9.17) is 16.3 Å². The van der Waals surface area contributed by atoms with Crippen molar-refractivity contribution in [2.24, 2.45) is 4.99 Å². The van der Waals surface area contributed by atoms with Crippen molar-refractivity contribution < 1.29 is 9.53 Å². The number of nitrogens with zero attached hydrogens (tertiary/aromatic N) is 1. The van der Waals surface area contributed by atoms with Crippen LogP contribution in [0.1, 0.15) is 18.1 Å². The monoisotopic (exact) mass is 530 g/mol. The third-order valence-corrected chi connectivity index (χ3v) is 4.34. The topological polar surface area (TPSA) is 74.8 Å². The standard InChI is InChI=1S/C21H27ClN4O2.HI/c1-3-24-20(27)15-28-18-9-6-7-16(13-18)14-26-21(23-2)25-12-11-17-8-4-5-10-19(17)22;/h4-10,13H,3,11-12,14-15H2,1-2H3,(H,24,27)(H2,23,25,26);1H. The second-order valence-electron chi connectivity index (χ2n) is 6.08. The van der Waals surface area contributed by atoms with Gasteiger partial charge in [-0.3, -0.25) is 9.79 Å². The molecule has 1 amide bonds. The van der Waals surface area contributed by atoms with Gasteiger partial charge in [0.15, 0.2) is 12.6 Å². The summed E-state index contributed by atoms with van der Waals surface area (Å²) in [4.78, 5) is 15.7. The van der Waals surface area contributed by atoms with E-state index in [1.807, 2.05) is 55.5 Å². The molecular formula is C21H28ClIN4O2. The van der Waals surface area contributed by atoms with Gasteiger partial charge in [0.1, 0.15) is 5.75 Å². The number of halogens is 2. The summed E-state index contributed by atoms with van der Waals surface area (Å²) >= 11 is 6.18. The van der Waals surface area contributed by atoms with E-state index in [1.54, 1.807) is 7.05 Å². The van der Waals surface area contributed by atoms with Crippen molar-refractivity contribution in [1.29, 1.82) is 0 Å². The van der Waals surface area contributed by atoms with E-state index in [0.29, 0.717) is 24.8 Å². The first kappa shape index (κ1) is 25.0. The molecule has 3 N–H and O–H groups in total. The number of rotatable bonds is 9. The molecular weight excluding hydrogens is 503 g/mol. The molecule has 29 heavy (non-hydrogen) atoms. The van der Waals surface area contributed by atoms with Crippen LogP contribution in [0.3, 0.4) is 0 Å². The predicted molar refractivity (Wildman–Crippen MR) is 129 cm³/mol. The maximum Gasteiger partial charge on any atom is 0.257 e. The average molecular weight is 531 g/mol. The van der Waals surface area contributed by atoms with E-state index >= 15 is 0 Å². The van der Waals surface area contributed by atoms with Gasteiger partial charge in [0.2, 0.25) is 0 Å². The quantitative estimate of drug-likeness (QED) is 0.264. The second-order valence-corrected chi connectivity index (χ2v) is 6.49. The molecule has 0 aromatic heterocycles. The highest BCUT2D eigenvalue weighted by molar-refractivity contribution is 14.0. The second kappa shape index (κ2) is 14.1. The number of benzene rings is 2. The number of guanidine groups is 1. The number of hydrogen-bond acceptors (Lipinski definition) is 3. The molecule has 0 saturated heterocycles. The highest BCUT2D eigenvalue weighted by Crippen LogP contribution is 2.15. The van der Waals surface area contributed by atoms with Crippen molar-refractivity contribution >= 4 is 47.4 Å². The molecule has 158 valence electrons. The molecule has 0 fully saturated rings. The summed E-state index contributed by atoms with van der Waals surface area (Å²) in [7, 11) is 1.73. The summed E-state index contributed by atoms with van der Waals surface area (Å²) < 4.78 is 5.52. The van der Waals surface area contributed by atoms with Gasteiger partial charge in [0.25, 0.3) is 5.91 Å². The van der Waals surface area contributed by atoms with Gasteiger partial charge in [0, 0.05) is 31.7 Å². The Bertz CT molecular complexity index is 802. The lowest BCUT2D eigenvalue weighted by Crippen LogP contribution is -2.37. The minimum Gasteiger partial charge on any atom is -0.484 e. The zero-order chi connectivity index (χ0) is 20.2. The Morgan fingerprint density at radius 2 is 1.90 bits per heavy atom. The number of carbonyl (C=O) groups excluding carboxylic acids is 1. The Morgan fingerprint density at radius 1 is 1.10 bits per heavy atom. The van der Waals surface area contributed by atoms with Crippen molar-refractivity contribution in [1.82, 2.24) is 16.0 Å². The van der Waals surface area contributed by atoms with Gasteiger partial charge in [-0.05, 0) is 42.7 Å². The molecule has 0 radical (unpaired) electrons. The van der Waals surface area contributed by atoms with Gasteiger partial charge in [-0.1, -0.05) is 41.9 Å². The molecule has 0 spiro atoms. The minimum atomic E-state index is -0.130. The van der Waals surface area contributed by atoms with E-state index in [1.165, 1.54) is 0 Å². The summed E-state index contributed by atoms with van der Waals surface area (Å²) in [6, 6.07) is 15.4. The summed E-state index contributed by atoms with van der Waals surface area (Å²) in [6.45, 7) is 3.79. The number of hydrogen-bond donors (Lipinski definition) is 3. The molecule has 0 aliphatic rings. The first-order valence-electron chi connectivity index (χ1n) is 9.28. The lowest BCUT2D eigenvalue weighted by atomic mass is 10.1. The molecule has 0 aliphatic heterocycles. The third kappa shape index (κ3) is 9.36. The molecule has 0 saturated carbocycles. The van der Waals surface area contributed by atoms with E-state index < -0.39 is 0 Å². The van der Waals surface area contributed by atoms with Crippen LogP contribution in [0.25, 0.3) is 0 Å². The molecule has 0 atom stereocenters. The van der Waals surface area contributed by atoms with Gasteiger partial charge in [0.05, 0.1) is 0 Å². The first-order chi connectivity index (χ1) is 13.6. The lowest BCUT2D eigenvalue weighted by molar-refractivity contribution is -0.122. The van der Waals surface area contributed by atoms with Crippen LogP contribution in [0.15, 0.2) is 53.5 Å². The molecule has 2 aromatic carbocycles. The lowest BCUT2D eigenvalue weighted by Gasteiger charge is -2.13. The number of nitrogens with one attached hydrogen (secondary N) is 3. The Hall–Kier alpha value is -2.00. The van der Waals surface area contributed by atoms with E-state index in [-0.39, 0.29) is 36.5 Å². The van der Waals surface area contributed by atoms with Crippen molar-refractivity contribution in [2.45, 2.75) is 19.9 Å². The Balaban J connectivity index is 0.00000420. The zero-order valence-electron chi connectivity index (χ0n) is 16.7.